The van der Waals surface area contributed by atoms with Gasteiger partial charge in [-0.2, -0.15) is 0 Å². The van der Waals surface area contributed by atoms with Gasteiger partial charge in [0, 0.05) is 16.7 Å². The Morgan fingerprint density at radius 3 is 1.65 bits per heavy atom. The summed E-state index contributed by atoms with van der Waals surface area (Å²) in [6.07, 6.45) is 0. The quantitative estimate of drug-likeness (QED) is 0.406. The van der Waals surface area contributed by atoms with E-state index in [1.165, 1.54) is 13.5 Å². The number of rotatable bonds is 7. The van der Waals surface area contributed by atoms with Crippen LogP contribution >= 0.6 is 0 Å². The zero-order chi connectivity index (χ0) is 24.3. The molecule has 5 nitrogen and oxygen atoms in total. The molecule has 34 heavy (non-hydrogen) atoms. The number of halogens is 1. The normalized spacial score (nSPS) is 11.9. The molecule has 0 saturated carbocycles. The van der Waals surface area contributed by atoms with E-state index in [9.17, 15) is 9.50 Å². The number of nitrogens with zero attached hydrogens (tertiary/aromatic N) is 3. The summed E-state index contributed by atoms with van der Waals surface area (Å²) in [7, 11) is 1.33. The molecule has 1 N–H and O–H groups in total. The van der Waals surface area contributed by atoms with E-state index in [2.05, 4.69) is 15.0 Å². The molecule has 4 rings (SSSR count). The first kappa shape index (κ1) is 23.7. The highest BCUT2D eigenvalue weighted by atomic mass is 19.1. The molecule has 0 aliphatic carbocycles. The van der Waals surface area contributed by atoms with Crippen LogP contribution in [0.4, 0.5) is 4.39 Å². The smallest absolute Gasteiger partial charge is 0.333 e. The number of aliphatic hydroxyl groups is 1. The zero-order valence-electron chi connectivity index (χ0n) is 19.7. The fourth-order valence-corrected chi connectivity index (χ4v) is 3.07. The predicted molar refractivity (Wildman–Crippen MR) is 133 cm³/mol. The summed E-state index contributed by atoms with van der Waals surface area (Å²) >= 11 is 0. The van der Waals surface area contributed by atoms with Gasteiger partial charge in [-0.3, -0.25) is 0 Å². The molecule has 0 bridgehead atoms. The van der Waals surface area contributed by atoms with Crippen LogP contribution in [0.2, 0.25) is 0 Å². The van der Waals surface area contributed by atoms with Gasteiger partial charge in [-0.15, -0.1) is 0 Å². The largest absolute Gasteiger partial charge is 0.427 e. The fraction of sp³-hybridized carbons (Fsp3) is 0.222. The summed E-state index contributed by atoms with van der Waals surface area (Å²) in [4.78, 5) is 14.0. The molecular weight excluding hydrogens is 428 g/mol. The van der Waals surface area contributed by atoms with Crippen molar-refractivity contribution in [3.63, 3.8) is 0 Å². The maximum absolute atomic E-state index is 14.6. The van der Waals surface area contributed by atoms with E-state index in [1.54, 1.807) is 39.8 Å². The summed E-state index contributed by atoms with van der Waals surface area (Å²) in [5.41, 5.74) is 0.511. The highest BCUT2D eigenvalue weighted by Crippen LogP contribution is 2.26. The van der Waals surface area contributed by atoms with Crippen LogP contribution in [-0.4, -0.2) is 38.7 Å². The number of hydrogen-bond donors (Lipinski definition) is 1. The van der Waals surface area contributed by atoms with Crippen molar-refractivity contribution in [1.82, 2.24) is 15.0 Å². The number of aromatic nitrogens is 3. The van der Waals surface area contributed by atoms with Crippen LogP contribution in [-0.2, 0) is 4.65 Å². The van der Waals surface area contributed by atoms with Crippen molar-refractivity contribution in [2.75, 3.05) is 0 Å². The Balaban J connectivity index is 1.76. The summed E-state index contributed by atoms with van der Waals surface area (Å²) < 4.78 is 20.4. The van der Waals surface area contributed by atoms with Gasteiger partial charge in [-0.1, -0.05) is 66.7 Å². The Kier molecular flexibility index (Phi) is 6.59. The van der Waals surface area contributed by atoms with Gasteiger partial charge >= 0.3 is 7.48 Å². The van der Waals surface area contributed by atoms with Gasteiger partial charge < -0.3 is 9.76 Å². The van der Waals surface area contributed by atoms with Crippen molar-refractivity contribution in [1.29, 1.82) is 0 Å². The number of benzene rings is 3. The third-order valence-corrected chi connectivity index (χ3v) is 5.91. The minimum atomic E-state index is -1.12. The average molecular weight is 454 g/mol. The van der Waals surface area contributed by atoms with Crippen LogP contribution < -0.4 is 5.46 Å². The molecule has 0 aliphatic heterocycles. The van der Waals surface area contributed by atoms with Crippen molar-refractivity contribution in [2.45, 2.75) is 38.9 Å². The highest BCUT2D eigenvalue weighted by Gasteiger charge is 2.36. The monoisotopic (exact) mass is 454 g/mol. The van der Waals surface area contributed by atoms with Crippen LogP contribution in [0.5, 0.6) is 0 Å². The maximum atomic E-state index is 14.6. The van der Waals surface area contributed by atoms with Crippen LogP contribution in [0.1, 0.15) is 27.7 Å². The van der Waals surface area contributed by atoms with Gasteiger partial charge in [-0.05, 0) is 45.3 Å². The molecule has 0 atom stereocenters. The lowest BCUT2D eigenvalue weighted by Gasteiger charge is -2.37. The molecule has 171 valence electrons. The van der Waals surface area contributed by atoms with E-state index in [1.807, 2.05) is 60.7 Å². The van der Waals surface area contributed by atoms with E-state index in [0.29, 0.717) is 23.0 Å². The molecule has 1 aromatic heterocycles. The predicted octanol–water partition coefficient (Wildman–Crippen LogP) is 4.82. The van der Waals surface area contributed by atoms with E-state index >= 15 is 0 Å². The summed E-state index contributed by atoms with van der Waals surface area (Å²) in [6, 6.07) is 23.9. The van der Waals surface area contributed by atoms with Crippen LogP contribution in [0.3, 0.4) is 0 Å². The Morgan fingerprint density at radius 2 is 1.18 bits per heavy atom. The lowest BCUT2D eigenvalue weighted by molar-refractivity contribution is -0.0893. The van der Waals surface area contributed by atoms with Crippen molar-refractivity contribution >= 4 is 12.9 Å². The van der Waals surface area contributed by atoms with E-state index in [4.69, 9.17) is 4.65 Å². The summed E-state index contributed by atoms with van der Waals surface area (Å²) in [5.74, 6) is 1.03. The van der Waals surface area contributed by atoms with Crippen molar-refractivity contribution in [3.05, 3.63) is 84.7 Å². The van der Waals surface area contributed by atoms with E-state index in [0.717, 1.165) is 11.1 Å². The van der Waals surface area contributed by atoms with E-state index in [-0.39, 0.29) is 5.46 Å². The first-order chi connectivity index (χ1) is 16.1. The van der Waals surface area contributed by atoms with Crippen LogP contribution in [0.25, 0.3) is 34.2 Å². The lowest BCUT2D eigenvalue weighted by Crippen LogP contribution is -2.49. The Labute approximate surface area is 200 Å². The molecule has 0 amide bonds. The molecule has 4 aromatic rings. The van der Waals surface area contributed by atoms with Gasteiger partial charge in [0.25, 0.3) is 0 Å². The first-order valence-electron chi connectivity index (χ1n) is 11.0. The second-order valence-corrected chi connectivity index (χ2v) is 9.08. The molecule has 0 aliphatic rings. The zero-order valence-corrected chi connectivity index (χ0v) is 19.7. The summed E-state index contributed by atoms with van der Waals surface area (Å²) in [6.45, 7) is 6.79. The Bertz CT molecular complexity index is 1220. The SMILES string of the molecule is CC(C)(O)C(C)(C)O[B]c1cc(-c2nc(-c3ccccc3)nc(-c3ccccc3)n2)ccc1F. The van der Waals surface area contributed by atoms with Crippen LogP contribution in [0.15, 0.2) is 78.9 Å². The number of hydrogen-bond acceptors (Lipinski definition) is 5. The van der Waals surface area contributed by atoms with Gasteiger partial charge in [0.2, 0.25) is 0 Å². The molecule has 0 spiro atoms. The topological polar surface area (TPSA) is 68.1 Å². The van der Waals surface area contributed by atoms with Gasteiger partial charge in [0.05, 0.1) is 11.2 Å². The van der Waals surface area contributed by atoms with Gasteiger partial charge in [-0.25, -0.2) is 19.3 Å². The molecule has 1 heterocycles. The van der Waals surface area contributed by atoms with Crippen molar-refractivity contribution < 1.29 is 14.2 Å². The van der Waals surface area contributed by atoms with Gasteiger partial charge in [0.1, 0.15) is 5.82 Å². The third kappa shape index (κ3) is 5.21. The molecule has 7 heteroatoms. The molecule has 3 aromatic carbocycles. The lowest BCUT2D eigenvalue weighted by atomic mass is 9.81. The first-order valence-corrected chi connectivity index (χ1v) is 11.0. The minimum Gasteiger partial charge on any atom is -0.427 e. The van der Waals surface area contributed by atoms with Crippen LogP contribution in [0, 0.1) is 5.82 Å². The molecule has 1 radical (unpaired) electrons. The second kappa shape index (κ2) is 9.45. The Hall–Kier alpha value is -3.42. The highest BCUT2D eigenvalue weighted by molar-refractivity contribution is 6.47. The third-order valence-electron chi connectivity index (χ3n) is 5.91. The minimum absolute atomic E-state index is 0.234. The van der Waals surface area contributed by atoms with Crippen molar-refractivity contribution in [2.24, 2.45) is 0 Å². The Morgan fingerprint density at radius 1 is 0.706 bits per heavy atom. The second-order valence-electron chi connectivity index (χ2n) is 9.08. The van der Waals surface area contributed by atoms with Gasteiger partial charge in [0.15, 0.2) is 17.5 Å². The summed E-state index contributed by atoms with van der Waals surface area (Å²) in [5, 5.41) is 10.3. The molecule has 0 fully saturated rings. The molecule has 0 unspecified atom stereocenters. The average Bonchev–Trinajstić information content (AvgIpc) is 2.83. The molecule has 0 saturated heterocycles. The fourth-order valence-electron chi connectivity index (χ4n) is 3.07. The van der Waals surface area contributed by atoms with E-state index < -0.39 is 17.0 Å². The molecular formula is C27H26BFN3O2. The maximum Gasteiger partial charge on any atom is 0.333 e. The standard InChI is InChI=1S/C27H26BFN3O2/c1-26(2,33)27(3,4)34-28-21-17-20(15-16-22(21)29)25-31-23(18-11-7-5-8-12-18)30-24(32-25)19-13-9-6-10-14-19/h5-17,33H,1-4H3. The van der Waals surface area contributed by atoms with Crippen molar-refractivity contribution in [3.8, 4) is 34.2 Å².